The molecule has 5 rings (SSSR count). The number of phenols is 1. The predicted molar refractivity (Wildman–Crippen MR) is 119 cm³/mol. The molecule has 0 bridgehead atoms. The summed E-state index contributed by atoms with van der Waals surface area (Å²) < 4.78 is 0. The highest BCUT2D eigenvalue weighted by Gasteiger charge is 2.64. The number of carbonyl (C=O) groups excluding carboxylic acids is 3. The second-order valence-corrected chi connectivity index (χ2v) is 8.91. The molecule has 0 spiro atoms. The molecule has 0 heterocycles. The maximum Gasteiger partial charge on any atom is 0.255 e. The molecule has 3 aliphatic carbocycles. The van der Waals surface area contributed by atoms with Gasteiger partial charge in [-0.25, -0.2) is 0 Å². The van der Waals surface area contributed by atoms with Crippen LogP contribution in [0.5, 0.6) is 5.75 Å². The minimum Gasteiger partial charge on any atom is -0.508 e. The van der Waals surface area contributed by atoms with Crippen molar-refractivity contribution in [3.05, 3.63) is 82.1 Å². The fraction of sp³-hybridized carbons (Fsp3) is 0.240. The van der Waals surface area contributed by atoms with Gasteiger partial charge in [0, 0.05) is 23.3 Å². The summed E-state index contributed by atoms with van der Waals surface area (Å²) in [4.78, 5) is 38.4. The van der Waals surface area contributed by atoms with Crippen molar-refractivity contribution in [2.45, 2.75) is 24.0 Å². The Bertz CT molecular complexity index is 1330. The van der Waals surface area contributed by atoms with E-state index >= 15 is 0 Å². The number of Topliss-reactive ketones (excluding diaryl/α,β-unsaturated/α-hetero) is 2. The first-order valence-electron chi connectivity index (χ1n) is 10.7. The number of rotatable bonds is 2. The van der Waals surface area contributed by atoms with Crippen LogP contribution in [0.2, 0.25) is 0 Å². The molecule has 3 aliphatic rings. The lowest BCUT2D eigenvalue weighted by Crippen LogP contribution is -2.65. The minimum atomic E-state index is -2.74. The summed E-state index contributed by atoms with van der Waals surface area (Å²) in [7, 11) is 0. The van der Waals surface area contributed by atoms with Crippen LogP contribution < -0.4 is 11.5 Å². The molecule has 0 unspecified atom stereocenters. The lowest BCUT2D eigenvalue weighted by Gasteiger charge is -2.50. The van der Waals surface area contributed by atoms with Crippen molar-refractivity contribution in [2.24, 2.45) is 23.3 Å². The summed E-state index contributed by atoms with van der Waals surface area (Å²) in [5.41, 5.74) is 8.80. The molecule has 174 valence electrons. The zero-order chi connectivity index (χ0) is 24.5. The van der Waals surface area contributed by atoms with Gasteiger partial charge in [0.2, 0.25) is 5.78 Å². The second kappa shape index (κ2) is 7.28. The molecule has 1 saturated carbocycles. The molecule has 2 aromatic rings. The number of fused-ring (bicyclic) bond motifs is 3. The van der Waals surface area contributed by atoms with Crippen molar-refractivity contribution in [3.63, 3.8) is 0 Å². The molecular weight excluding hydrogens is 440 g/mol. The van der Waals surface area contributed by atoms with Crippen LogP contribution >= 0.6 is 0 Å². The van der Waals surface area contributed by atoms with Gasteiger partial charge in [0.05, 0.1) is 11.6 Å². The highest BCUT2D eigenvalue weighted by atomic mass is 16.3. The van der Waals surface area contributed by atoms with E-state index in [9.17, 15) is 34.8 Å². The maximum atomic E-state index is 13.8. The van der Waals surface area contributed by atoms with E-state index in [0.29, 0.717) is 5.56 Å². The Morgan fingerprint density at radius 1 is 1.00 bits per heavy atom. The third-order valence-electron chi connectivity index (χ3n) is 7.30. The summed E-state index contributed by atoms with van der Waals surface area (Å²) in [5.74, 6) is -7.91. The number of aliphatic hydroxyl groups is 3. The molecule has 34 heavy (non-hydrogen) atoms. The predicted octanol–water partition coefficient (Wildman–Crippen LogP) is 0.950. The molecule has 2 aromatic carbocycles. The zero-order valence-corrected chi connectivity index (χ0v) is 17.8. The summed E-state index contributed by atoms with van der Waals surface area (Å²) in [6, 6.07) is 12.3. The van der Waals surface area contributed by atoms with E-state index in [1.54, 1.807) is 24.3 Å². The third-order valence-corrected chi connectivity index (χ3v) is 7.30. The van der Waals surface area contributed by atoms with Gasteiger partial charge in [0.25, 0.3) is 5.91 Å². The lowest BCUT2D eigenvalue weighted by atomic mass is 9.55. The van der Waals surface area contributed by atoms with Gasteiger partial charge in [0.15, 0.2) is 11.4 Å². The van der Waals surface area contributed by atoms with Gasteiger partial charge < -0.3 is 31.9 Å². The number of benzene rings is 2. The van der Waals surface area contributed by atoms with E-state index in [0.717, 1.165) is 5.56 Å². The number of aliphatic hydroxyl groups excluding tert-OH is 2. The number of amides is 1. The first kappa shape index (κ1) is 21.9. The highest BCUT2D eigenvalue weighted by molar-refractivity contribution is 6.24. The number of phenolic OH excluding ortho intramolecular Hbond substituents is 1. The number of carbonyl (C=O) groups is 3. The van der Waals surface area contributed by atoms with Crippen molar-refractivity contribution >= 4 is 23.2 Å². The number of ketones is 2. The van der Waals surface area contributed by atoms with Gasteiger partial charge in [0.1, 0.15) is 22.8 Å². The first-order chi connectivity index (χ1) is 16.1. The summed E-state index contributed by atoms with van der Waals surface area (Å²) in [6.07, 6.45) is -0.0701. The van der Waals surface area contributed by atoms with Gasteiger partial charge >= 0.3 is 0 Å². The summed E-state index contributed by atoms with van der Waals surface area (Å²) in [6.45, 7) is 0. The van der Waals surface area contributed by atoms with Gasteiger partial charge in [-0.3, -0.25) is 14.4 Å². The lowest BCUT2D eigenvalue weighted by molar-refractivity contribution is -0.149. The van der Waals surface area contributed by atoms with Gasteiger partial charge in [-0.1, -0.05) is 42.5 Å². The third kappa shape index (κ3) is 2.65. The Kier molecular flexibility index (Phi) is 4.68. The Labute approximate surface area is 193 Å². The van der Waals surface area contributed by atoms with Crippen molar-refractivity contribution in [1.29, 1.82) is 0 Å². The Morgan fingerprint density at radius 2 is 1.68 bits per heavy atom. The molecule has 0 aromatic heterocycles. The molecule has 9 nitrogen and oxygen atoms in total. The van der Waals surface area contributed by atoms with Crippen LogP contribution in [0.25, 0.3) is 5.76 Å². The van der Waals surface area contributed by atoms with Crippen molar-refractivity contribution in [3.8, 4) is 5.75 Å². The van der Waals surface area contributed by atoms with Crippen molar-refractivity contribution < 1.29 is 34.8 Å². The average molecular weight is 462 g/mol. The fourth-order valence-electron chi connectivity index (χ4n) is 5.77. The molecule has 0 saturated heterocycles. The van der Waals surface area contributed by atoms with Crippen LogP contribution in [-0.2, 0) is 14.4 Å². The Hall–Kier alpha value is -3.95. The van der Waals surface area contributed by atoms with Crippen LogP contribution in [0, 0.1) is 11.8 Å². The molecular formula is C25H22N2O7. The van der Waals surface area contributed by atoms with E-state index in [2.05, 4.69) is 0 Å². The van der Waals surface area contributed by atoms with Gasteiger partial charge in [-0.2, -0.15) is 0 Å². The van der Waals surface area contributed by atoms with E-state index in [-0.39, 0.29) is 23.3 Å². The van der Waals surface area contributed by atoms with E-state index in [1.807, 2.05) is 18.2 Å². The number of hydrogen-bond donors (Lipinski definition) is 6. The van der Waals surface area contributed by atoms with E-state index < -0.39 is 64.0 Å². The van der Waals surface area contributed by atoms with Crippen molar-refractivity contribution in [2.75, 3.05) is 0 Å². The van der Waals surface area contributed by atoms with Gasteiger partial charge in [-0.05, 0) is 23.6 Å². The van der Waals surface area contributed by atoms with Crippen molar-refractivity contribution in [1.82, 2.24) is 0 Å². The number of primary amides is 1. The minimum absolute atomic E-state index is 0.0350. The topological polar surface area (TPSA) is 184 Å². The molecule has 5 atom stereocenters. The normalized spacial score (nSPS) is 30.5. The largest absolute Gasteiger partial charge is 0.508 e. The molecule has 9 heteroatoms. The van der Waals surface area contributed by atoms with Crippen LogP contribution in [0.1, 0.15) is 29.0 Å². The summed E-state index contributed by atoms with van der Waals surface area (Å²) >= 11 is 0. The Morgan fingerprint density at radius 3 is 2.32 bits per heavy atom. The van der Waals surface area contributed by atoms with Crippen LogP contribution in [0.15, 0.2) is 65.4 Å². The maximum absolute atomic E-state index is 13.8. The number of hydrogen-bond acceptors (Lipinski definition) is 8. The summed E-state index contributed by atoms with van der Waals surface area (Å²) in [5, 5.41) is 43.9. The smallest absolute Gasteiger partial charge is 0.255 e. The molecule has 1 amide bonds. The first-order valence-corrected chi connectivity index (χ1v) is 10.7. The molecule has 0 radical (unpaired) electrons. The standard InChI is InChI=1S/C25H22N2O7/c26-19-13-9-12-15(10-5-2-1-3-6-10)11-7-4-8-14(28)16(11)20(29)17(12)22(31)25(13,34)23(32)18(21(19)30)24(27)33/h1-8,12-13,15,19,28-29,32,34H,9,26H2,(H2,27,33)/t12-,13+,15+,19+,25+/m1/s1. The fourth-order valence-corrected chi connectivity index (χ4v) is 5.77. The van der Waals surface area contributed by atoms with E-state index in [1.165, 1.54) is 6.07 Å². The Balaban J connectivity index is 1.80. The SMILES string of the molecule is NC(=O)C1=C(O)[C@@]2(O)C(=O)C3=C(O)c4c(O)cccc4[C@H](c4ccccc4)[C@H]3C[C@H]2[C@H](N)C1=O. The second-order valence-electron chi connectivity index (χ2n) is 8.91. The quantitative estimate of drug-likeness (QED) is 0.356. The monoisotopic (exact) mass is 462 g/mol. The van der Waals surface area contributed by atoms with Crippen LogP contribution in [-0.4, -0.2) is 49.5 Å². The van der Waals surface area contributed by atoms with Crippen LogP contribution in [0.3, 0.4) is 0 Å². The average Bonchev–Trinajstić information content (AvgIpc) is 2.80. The molecule has 8 N–H and O–H groups in total. The highest BCUT2D eigenvalue weighted by Crippen LogP contribution is 2.56. The zero-order valence-electron chi connectivity index (χ0n) is 17.8. The molecule has 0 aliphatic heterocycles. The van der Waals surface area contributed by atoms with Crippen LogP contribution in [0.4, 0.5) is 0 Å². The number of aromatic hydroxyl groups is 1. The molecule has 1 fully saturated rings. The number of nitrogens with two attached hydrogens (primary N) is 2. The van der Waals surface area contributed by atoms with E-state index in [4.69, 9.17) is 11.5 Å². The van der Waals surface area contributed by atoms with Gasteiger partial charge in [-0.15, -0.1) is 0 Å².